The summed E-state index contributed by atoms with van der Waals surface area (Å²) in [6.45, 7) is 4.50. The van der Waals surface area contributed by atoms with Crippen LogP contribution < -0.4 is 0 Å². The van der Waals surface area contributed by atoms with E-state index in [1.165, 1.54) is 19.3 Å². The van der Waals surface area contributed by atoms with Gasteiger partial charge in [-0.3, -0.25) is 0 Å². The minimum Gasteiger partial charge on any atom is -0.463 e. The van der Waals surface area contributed by atoms with Gasteiger partial charge in [0, 0.05) is 25.4 Å². The van der Waals surface area contributed by atoms with Crippen molar-refractivity contribution in [3.05, 3.63) is 12.3 Å². The fourth-order valence-corrected chi connectivity index (χ4v) is 2.26. The van der Waals surface area contributed by atoms with Crippen LogP contribution in [-0.2, 0) is 9.53 Å². The third-order valence-electron chi connectivity index (χ3n) is 3.25. The van der Waals surface area contributed by atoms with Crippen LogP contribution in [0.5, 0.6) is 0 Å². The van der Waals surface area contributed by atoms with E-state index in [1.54, 1.807) is 6.08 Å². The molecule has 2 aliphatic rings. The van der Waals surface area contributed by atoms with Crippen molar-refractivity contribution in [1.29, 1.82) is 0 Å². The van der Waals surface area contributed by atoms with Gasteiger partial charge >= 0.3 is 5.97 Å². The third-order valence-corrected chi connectivity index (χ3v) is 3.25. The lowest BCUT2D eigenvalue weighted by Gasteiger charge is -2.12. The van der Waals surface area contributed by atoms with Crippen LogP contribution >= 0.6 is 0 Å². The molecule has 0 spiro atoms. The second kappa shape index (κ2) is 4.69. The Morgan fingerprint density at radius 3 is 2.87 bits per heavy atom. The van der Waals surface area contributed by atoms with E-state index in [1.807, 2.05) is 13.1 Å². The summed E-state index contributed by atoms with van der Waals surface area (Å²) in [6.07, 6.45) is 7.55. The molecular weight excluding hydrogens is 190 g/mol. The van der Waals surface area contributed by atoms with Crippen LogP contribution in [-0.4, -0.2) is 30.6 Å². The summed E-state index contributed by atoms with van der Waals surface area (Å²) in [7, 11) is 0. The zero-order chi connectivity index (χ0) is 10.7. The van der Waals surface area contributed by atoms with E-state index in [0.717, 1.165) is 24.9 Å². The van der Waals surface area contributed by atoms with Crippen LogP contribution in [0.1, 0.15) is 26.2 Å². The van der Waals surface area contributed by atoms with Crippen LogP contribution in [0.3, 0.4) is 0 Å². The maximum absolute atomic E-state index is 11.1. The molecule has 1 heterocycles. The number of hydrogen-bond donors (Lipinski definition) is 0. The summed E-state index contributed by atoms with van der Waals surface area (Å²) < 4.78 is 4.84. The summed E-state index contributed by atoms with van der Waals surface area (Å²) in [6, 6.07) is 0. The Kier molecular flexibility index (Phi) is 3.29. The first-order valence-corrected chi connectivity index (χ1v) is 5.88. The Morgan fingerprint density at radius 2 is 2.20 bits per heavy atom. The van der Waals surface area contributed by atoms with E-state index in [4.69, 9.17) is 4.74 Å². The highest BCUT2D eigenvalue weighted by Crippen LogP contribution is 2.41. The molecule has 84 valence electrons. The Hall–Kier alpha value is -0.990. The molecule has 0 N–H and O–H groups in total. The SMILES string of the molecule is CCOC(=O)C=CN1CCC(C2CC2)C1. The van der Waals surface area contributed by atoms with Crippen molar-refractivity contribution in [3.8, 4) is 0 Å². The molecule has 3 nitrogen and oxygen atoms in total. The molecular formula is C12H19NO2. The van der Waals surface area contributed by atoms with Gasteiger partial charge in [0.1, 0.15) is 0 Å². The van der Waals surface area contributed by atoms with E-state index < -0.39 is 0 Å². The van der Waals surface area contributed by atoms with Gasteiger partial charge in [0.05, 0.1) is 6.61 Å². The van der Waals surface area contributed by atoms with Crippen molar-refractivity contribution in [2.45, 2.75) is 26.2 Å². The van der Waals surface area contributed by atoms with Gasteiger partial charge in [-0.15, -0.1) is 0 Å². The predicted octanol–water partition coefficient (Wildman–Crippen LogP) is 1.80. The van der Waals surface area contributed by atoms with Crippen LogP contribution in [0.15, 0.2) is 12.3 Å². The lowest BCUT2D eigenvalue weighted by atomic mass is 10.0. The quantitative estimate of drug-likeness (QED) is 0.522. The van der Waals surface area contributed by atoms with Crippen molar-refractivity contribution < 1.29 is 9.53 Å². The van der Waals surface area contributed by atoms with Crippen molar-refractivity contribution in [3.63, 3.8) is 0 Å². The molecule has 1 aliphatic heterocycles. The van der Waals surface area contributed by atoms with E-state index in [9.17, 15) is 4.79 Å². The molecule has 1 unspecified atom stereocenters. The smallest absolute Gasteiger partial charge is 0.332 e. The van der Waals surface area contributed by atoms with Crippen molar-refractivity contribution in [1.82, 2.24) is 4.90 Å². The maximum Gasteiger partial charge on any atom is 0.332 e. The third kappa shape index (κ3) is 2.98. The molecule has 0 bridgehead atoms. The molecule has 2 rings (SSSR count). The summed E-state index contributed by atoms with van der Waals surface area (Å²) in [5, 5.41) is 0. The van der Waals surface area contributed by atoms with E-state index in [-0.39, 0.29) is 5.97 Å². The second-order valence-corrected chi connectivity index (χ2v) is 4.45. The number of nitrogens with zero attached hydrogens (tertiary/aromatic N) is 1. The molecule has 0 aromatic carbocycles. The van der Waals surface area contributed by atoms with Crippen LogP contribution in [0.4, 0.5) is 0 Å². The Morgan fingerprint density at radius 1 is 1.40 bits per heavy atom. The van der Waals surface area contributed by atoms with Gasteiger partial charge in [-0.05, 0) is 38.0 Å². The molecule has 1 saturated carbocycles. The molecule has 0 aromatic rings. The fourth-order valence-electron chi connectivity index (χ4n) is 2.26. The normalized spacial score (nSPS) is 26.2. The van der Waals surface area contributed by atoms with Crippen LogP contribution in [0, 0.1) is 11.8 Å². The molecule has 1 atom stereocenters. The number of likely N-dealkylation sites (tertiary alicyclic amines) is 1. The summed E-state index contributed by atoms with van der Waals surface area (Å²) in [5.74, 6) is 1.62. The Labute approximate surface area is 91.1 Å². The first kappa shape index (κ1) is 10.5. The van der Waals surface area contributed by atoms with E-state index in [2.05, 4.69) is 4.90 Å². The minimum absolute atomic E-state index is 0.229. The Bertz CT molecular complexity index is 258. The van der Waals surface area contributed by atoms with Gasteiger partial charge in [-0.1, -0.05) is 0 Å². The van der Waals surface area contributed by atoms with Gasteiger partial charge in [0.2, 0.25) is 0 Å². The second-order valence-electron chi connectivity index (χ2n) is 4.45. The van der Waals surface area contributed by atoms with Crippen molar-refractivity contribution in [2.24, 2.45) is 11.8 Å². The first-order valence-electron chi connectivity index (χ1n) is 5.88. The number of carbonyl (C=O) groups excluding carboxylic acids is 1. The molecule has 2 fully saturated rings. The lowest BCUT2D eigenvalue weighted by Crippen LogP contribution is -2.15. The van der Waals surface area contributed by atoms with Gasteiger partial charge in [0.15, 0.2) is 0 Å². The van der Waals surface area contributed by atoms with Crippen molar-refractivity contribution in [2.75, 3.05) is 19.7 Å². The van der Waals surface area contributed by atoms with Gasteiger partial charge in [-0.25, -0.2) is 4.79 Å². The zero-order valence-corrected chi connectivity index (χ0v) is 9.32. The largest absolute Gasteiger partial charge is 0.463 e. The molecule has 15 heavy (non-hydrogen) atoms. The van der Waals surface area contributed by atoms with E-state index >= 15 is 0 Å². The number of hydrogen-bond acceptors (Lipinski definition) is 3. The molecule has 0 radical (unpaired) electrons. The monoisotopic (exact) mass is 209 g/mol. The van der Waals surface area contributed by atoms with E-state index in [0.29, 0.717) is 6.61 Å². The standard InChI is InChI=1S/C12H19NO2/c1-2-15-12(14)6-8-13-7-5-11(9-13)10-3-4-10/h6,8,10-11H,2-5,7,9H2,1H3. The number of carbonyl (C=O) groups is 1. The molecule has 0 aromatic heterocycles. The minimum atomic E-state index is -0.229. The molecule has 0 amide bonds. The van der Waals surface area contributed by atoms with Gasteiger partial charge in [-0.2, -0.15) is 0 Å². The fraction of sp³-hybridized carbons (Fsp3) is 0.750. The highest BCUT2D eigenvalue weighted by molar-refractivity contribution is 5.81. The molecule has 3 heteroatoms. The van der Waals surface area contributed by atoms with Gasteiger partial charge < -0.3 is 9.64 Å². The topological polar surface area (TPSA) is 29.5 Å². The zero-order valence-electron chi connectivity index (χ0n) is 9.32. The lowest BCUT2D eigenvalue weighted by molar-refractivity contribution is -0.137. The summed E-state index contributed by atoms with van der Waals surface area (Å²) in [4.78, 5) is 13.3. The van der Waals surface area contributed by atoms with Gasteiger partial charge in [0.25, 0.3) is 0 Å². The number of ether oxygens (including phenoxy) is 1. The average molecular weight is 209 g/mol. The van der Waals surface area contributed by atoms with Crippen LogP contribution in [0.2, 0.25) is 0 Å². The highest BCUT2D eigenvalue weighted by Gasteiger charge is 2.34. The summed E-state index contributed by atoms with van der Waals surface area (Å²) >= 11 is 0. The maximum atomic E-state index is 11.1. The van der Waals surface area contributed by atoms with Crippen molar-refractivity contribution >= 4 is 5.97 Å². The number of rotatable bonds is 4. The molecule has 1 saturated heterocycles. The van der Waals surface area contributed by atoms with Crippen LogP contribution in [0.25, 0.3) is 0 Å². The average Bonchev–Trinajstić information content (AvgIpc) is 2.96. The molecule has 1 aliphatic carbocycles. The predicted molar refractivity (Wildman–Crippen MR) is 58.2 cm³/mol. The number of esters is 1. The Balaban J connectivity index is 1.73. The highest BCUT2D eigenvalue weighted by atomic mass is 16.5. The first-order chi connectivity index (χ1) is 7.29. The summed E-state index contributed by atoms with van der Waals surface area (Å²) in [5.41, 5.74) is 0.